The number of aromatic amines is 1. The summed E-state index contributed by atoms with van der Waals surface area (Å²) in [6, 6.07) is 3.84. The standard InChI is InChI=1S/C21H21ClFN5O3S/c1-3-6-32(30,31)28-17-5-4-16(23)18(19(17)22)20(29)15-11-27-21-14(15)7-12(10-26-21)13(8-24)9-25-2/h4-5,7-11,13,24,28H,3,6H2,1-2H3,(H,26,27). The van der Waals surface area contributed by atoms with Crippen molar-refractivity contribution in [1.29, 1.82) is 5.41 Å². The first-order valence-electron chi connectivity index (χ1n) is 9.65. The average Bonchev–Trinajstić information content (AvgIpc) is 3.17. The lowest BCUT2D eigenvalue weighted by Gasteiger charge is -2.12. The minimum atomic E-state index is -3.69. The zero-order chi connectivity index (χ0) is 23.5. The van der Waals surface area contributed by atoms with Crippen molar-refractivity contribution in [3.05, 3.63) is 58.1 Å². The molecule has 0 aliphatic carbocycles. The lowest BCUT2D eigenvalue weighted by molar-refractivity contribution is 0.103. The highest BCUT2D eigenvalue weighted by Gasteiger charge is 2.25. The fourth-order valence-corrected chi connectivity index (χ4v) is 4.72. The number of benzene rings is 1. The van der Waals surface area contributed by atoms with Crippen LogP contribution in [0.4, 0.5) is 10.1 Å². The Labute approximate surface area is 189 Å². The quantitative estimate of drug-likeness (QED) is 0.315. The Morgan fingerprint density at radius 2 is 2.19 bits per heavy atom. The van der Waals surface area contributed by atoms with Gasteiger partial charge in [-0.25, -0.2) is 17.8 Å². The van der Waals surface area contributed by atoms with Gasteiger partial charge in [0, 0.05) is 42.8 Å². The summed E-state index contributed by atoms with van der Waals surface area (Å²) < 4.78 is 41.2. The molecule has 0 saturated carbocycles. The van der Waals surface area contributed by atoms with E-state index in [9.17, 15) is 17.6 Å². The van der Waals surface area contributed by atoms with Gasteiger partial charge in [0.1, 0.15) is 11.5 Å². The van der Waals surface area contributed by atoms with Crippen molar-refractivity contribution < 1.29 is 17.6 Å². The van der Waals surface area contributed by atoms with Gasteiger partial charge in [-0.15, -0.1) is 0 Å². The van der Waals surface area contributed by atoms with E-state index in [-0.39, 0.29) is 22.0 Å². The molecule has 0 spiro atoms. The summed E-state index contributed by atoms with van der Waals surface area (Å²) in [5.41, 5.74) is 0.603. The van der Waals surface area contributed by atoms with Crippen LogP contribution in [0.15, 0.2) is 35.6 Å². The number of pyridine rings is 1. The number of hydrogen-bond donors (Lipinski definition) is 3. The van der Waals surface area contributed by atoms with Crippen LogP contribution < -0.4 is 4.72 Å². The summed E-state index contributed by atoms with van der Waals surface area (Å²) in [5.74, 6) is -2.19. The molecule has 0 aliphatic rings. The van der Waals surface area contributed by atoms with Crippen molar-refractivity contribution in [2.24, 2.45) is 4.99 Å². The maximum Gasteiger partial charge on any atom is 0.232 e. The monoisotopic (exact) mass is 477 g/mol. The third kappa shape index (κ3) is 4.71. The van der Waals surface area contributed by atoms with Gasteiger partial charge in [-0.1, -0.05) is 18.5 Å². The summed E-state index contributed by atoms with van der Waals surface area (Å²) in [7, 11) is -2.11. The van der Waals surface area contributed by atoms with Gasteiger partial charge in [-0.3, -0.25) is 14.5 Å². The van der Waals surface area contributed by atoms with E-state index in [0.717, 1.165) is 6.07 Å². The molecule has 1 unspecified atom stereocenters. The second-order valence-corrected chi connectivity index (χ2v) is 9.22. The number of aromatic nitrogens is 2. The third-order valence-electron chi connectivity index (χ3n) is 4.73. The number of ketones is 1. The number of anilines is 1. The van der Waals surface area contributed by atoms with Crippen molar-refractivity contribution in [3.8, 4) is 0 Å². The summed E-state index contributed by atoms with van der Waals surface area (Å²) in [6.07, 6.45) is 6.07. The van der Waals surface area contributed by atoms with Crippen molar-refractivity contribution in [2.45, 2.75) is 19.3 Å². The first kappa shape index (κ1) is 23.6. The molecule has 3 N–H and O–H groups in total. The zero-order valence-corrected chi connectivity index (χ0v) is 18.9. The lowest BCUT2D eigenvalue weighted by Crippen LogP contribution is -2.17. The average molecular weight is 478 g/mol. The number of H-pyrrole nitrogens is 1. The number of nitrogens with zero attached hydrogens (tertiary/aromatic N) is 2. The van der Waals surface area contributed by atoms with E-state index in [2.05, 4.69) is 19.7 Å². The smallest absolute Gasteiger partial charge is 0.232 e. The van der Waals surface area contributed by atoms with Gasteiger partial charge in [0.2, 0.25) is 10.0 Å². The second-order valence-electron chi connectivity index (χ2n) is 7.00. The Hall–Kier alpha value is -3.11. The Kier molecular flexibility index (Phi) is 7.05. The first-order valence-corrected chi connectivity index (χ1v) is 11.7. The molecular weight excluding hydrogens is 457 g/mol. The van der Waals surface area contributed by atoms with E-state index in [0.29, 0.717) is 23.0 Å². The number of hydrogen-bond acceptors (Lipinski definition) is 6. The van der Waals surface area contributed by atoms with Gasteiger partial charge in [0.15, 0.2) is 5.78 Å². The highest BCUT2D eigenvalue weighted by atomic mass is 35.5. The molecule has 1 aromatic carbocycles. The van der Waals surface area contributed by atoms with E-state index < -0.39 is 33.1 Å². The van der Waals surface area contributed by atoms with E-state index in [1.807, 2.05) is 0 Å². The predicted octanol–water partition coefficient (Wildman–Crippen LogP) is 4.17. The Morgan fingerprint density at radius 3 is 2.84 bits per heavy atom. The van der Waals surface area contributed by atoms with Crippen molar-refractivity contribution in [3.63, 3.8) is 0 Å². The largest absolute Gasteiger partial charge is 0.345 e. The maximum atomic E-state index is 14.7. The molecule has 168 valence electrons. The maximum absolute atomic E-state index is 14.7. The van der Waals surface area contributed by atoms with E-state index in [1.54, 1.807) is 32.4 Å². The van der Waals surface area contributed by atoms with Gasteiger partial charge in [-0.05, 0) is 30.2 Å². The number of carbonyl (C=O) groups excluding carboxylic acids is 1. The Bertz CT molecular complexity index is 1320. The Balaban J connectivity index is 2.09. The number of rotatable bonds is 9. The van der Waals surface area contributed by atoms with Crippen LogP contribution in [0.5, 0.6) is 0 Å². The SMILES string of the molecule is CCCS(=O)(=O)Nc1ccc(F)c(C(=O)c2c[nH]c3ncc(C(C=N)C=NC)cc23)c1Cl. The predicted molar refractivity (Wildman–Crippen MR) is 125 cm³/mol. The molecule has 0 saturated heterocycles. The molecule has 0 radical (unpaired) electrons. The molecular formula is C21H21ClFN5O3S. The van der Waals surface area contributed by atoms with Gasteiger partial charge in [0.05, 0.1) is 27.9 Å². The summed E-state index contributed by atoms with van der Waals surface area (Å²) in [4.78, 5) is 24.3. The van der Waals surface area contributed by atoms with Gasteiger partial charge in [-0.2, -0.15) is 0 Å². The summed E-state index contributed by atoms with van der Waals surface area (Å²) >= 11 is 6.27. The molecule has 0 fully saturated rings. The number of fused-ring (bicyclic) bond motifs is 1. The molecule has 1 atom stereocenters. The highest BCUT2D eigenvalue weighted by molar-refractivity contribution is 7.92. The zero-order valence-electron chi connectivity index (χ0n) is 17.3. The van der Waals surface area contributed by atoms with Crippen molar-refractivity contribution in [1.82, 2.24) is 9.97 Å². The second kappa shape index (κ2) is 9.58. The van der Waals surface area contributed by atoms with Crippen LogP contribution >= 0.6 is 11.6 Å². The molecule has 0 aliphatic heterocycles. The Morgan fingerprint density at radius 1 is 1.44 bits per heavy atom. The van der Waals surface area contributed by atoms with Crippen LogP contribution in [0.1, 0.15) is 40.7 Å². The summed E-state index contributed by atoms with van der Waals surface area (Å²) in [6.45, 7) is 1.70. The molecule has 0 bridgehead atoms. The number of aliphatic imine (C=N–C) groups is 1. The van der Waals surface area contributed by atoms with Crippen LogP contribution in [0.3, 0.4) is 0 Å². The number of halogens is 2. The molecule has 3 rings (SSSR count). The van der Waals surface area contributed by atoms with Gasteiger partial charge < -0.3 is 10.4 Å². The minimum absolute atomic E-state index is 0.0773. The lowest BCUT2D eigenvalue weighted by atomic mass is 9.98. The molecule has 2 aromatic heterocycles. The van der Waals surface area contributed by atoms with Crippen molar-refractivity contribution in [2.75, 3.05) is 17.5 Å². The summed E-state index contributed by atoms with van der Waals surface area (Å²) in [5, 5.41) is 7.67. The topological polar surface area (TPSA) is 128 Å². The first-order chi connectivity index (χ1) is 15.2. The van der Waals surface area contributed by atoms with Crippen LogP contribution in [-0.2, 0) is 10.0 Å². The van der Waals surface area contributed by atoms with Gasteiger partial charge in [0.25, 0.3) is 0 Å². The molecule has 2 heterocycles. The van der Waals surface area contributed by atoms with E-state index in [4.69, 9.17) is 17.0 Å². The fourth-order valence-electron chi connectivity index (χ4n) is 3.24. The normalized spacial score (nSPS) is 12.9. The third-order valence-corrected chi connectivity index (χ3v) is 6.60. The van der Waals surface area contributed by atoms with Crippen LogP contribution in [0.2, 0.25) is 5.02 Å². The minimum Gasteiger partial charge on any atom is -0.345 e. The van der Waals surface area contributed by atoms with E-state index in [1.165, 1.54) is 18.5 Å². The molecule has 32 heavy (non-hydrogen) atoms. The molecule has 8 nitrogen and oxygen atoms in total. The van der Waals surface area contributed by atoms with Gasteiger partial charge >= 0.3 is 0 Å². The number of carbonyl (C=O) groups is 1. The van der Waals surface area contributed by atoms with Crippen LogP contribution in [0.25, 0.3) is 11.0 Å². The fraction of sp³-hybridized carbons (Fsp3) is 0.238. The number of nitrogens with one attached hydrogen (secondary N) is 3. The molecule has 0 amide bonds. The molecule has 3 aromatic rings. The number of sulfonamides is 1. The van der Waals surface area contributed by atoms with Crippen LogP contribution in [0, 0.1) is 11.2 Å². The van der Waals surface area contributed by atoms with Crippen molar-refractivity contribution >= 4 is 56.6 Å². The van der Waals surface area contributed by atoms with E-state index >= 15 is 0 Å². The highest BCUT2D eigenvalue weighted by Crippen LogP contribution is 2.32. The van der Waals surface area contributed by atoms with Crippen LogP contribution in [-0.4, -0.2) is 49.4 Å². The molecule has 11 heteroatoms.